The molecule has 0 N–H and O–H groups in total. The lowest BCUT2D eigenvalue weighted by atomic mass is 9.78. The van der Waals surface area contributed by atoms with Crippen molar-refractivity contribution in [2.75, 3.05) is 76.0 Å². The van der Waals surface area contributed by atoms with Crippen LogP contribution in [0.25, 0.3) is 0 Å². The van der Waals surface area contributed by atoms with Crippen LogP contribution in [0.4, 0.5) is 22.7 Å². The molecule has 1 heterocycles. The summed E-state index contributed by atoms with van der Waals surface area (Å²) < 4.78 is 6.41. The van der Waals surface area contributed by atoms with Crippen molar-refractivity contribution >= 4 is 28.7 Å². The van der Waals surface area contributed by atoms with Gasteiger partial charge in [0.05, 0.1) is 5.56 Å². The molecule has 6 nitrogen and oxygen atoms in total. The van der Waals surface area contributed by atoms with Crippen LogP contribution >= 0.6 is 0 Å². The van der Waals surface area contributed by atoms with Crippen LogP contribution in [0.1, 0.15) is 27.0 Å². The van der Waals surface area contributed by atoms with Crippen molar-refractivity contribution in [2.45, 2.75) is 5.60 Å². The first kappa shape index (κ1) is 23.5. The van der Waals surface area contributed by atoms with Crippen molar-refractivity contribution in [3.8, 4) is 0 Å². The van der Waals surface area contributed by atoms with Crippen LogP contribution in [0.2, 0.25) is 0 Å². The number of cyclic esters (lactones) is 1. The Labute approximate surface area is 203 Å². The summed E-state index contributed by atoms with van der Waals surface area (Å²) in [6.45, 7) is 0. The maximum absolute atomic E-state index is 13.4. The SMILES string of the molecule is CN(C)c1ccc(C2(c3ccc(N(C)C)cc3N(C)C)OC(=O)c3cc(N(C)C)ccc32)cc1. The Bertz CT molecular complexity index is 1220. The second kappa shape index (κ2) is 8.60. The summed E-state index contributed by atoms with van der Waals surface area (Å²) in [6.07, 6.45) is 0. The molecule has 0 saturated heterocycles. The van der Waals surface area contributed by atoms with Gasteiger partial charge in [0.1, 0.15) is 0 Å². The van der Waals surface area contributed by atoms with Crippen LogP contribution < -0.4 is 19.6 Å². The Morgan fingerprint density at radius 2 is 1.09 bits per heavy atom. The molecule has 178 valence electrons. The molecular weight excluding hydrogens is 424 g/mol. The van der Waals surface area contributed by atoms with Gasteiger partial charge < -0.3 is 24.3 Å². The third-order valence-electron chi connectivity index (χ3n) is 6.51. The van der Waals surface area contributed by atoms with Gasteiger partial charge in [-0.2, -0.15) is 0 Å². The Kier molecular flexibility index (Phi) is 5.94. The fourth-order valence-electron chi connectivity index (χ4n) is 4.57. The molecular formula is C28H34N4O2. The second-order valence-corrected chi connectivity index (χ2v) is 9.63. The average molecular weight is 459 g/mol. The van der Waals surface area contributed by atoms with E-state index in [1.807, 2.05) is 79.5 Å². The lowest BCUT2D eigenvalue weighted by Gasteiger charge is -2.34. The average Bonchev–Trinajstić information content (AvgIpc) is 3.11. The largest absolute Gasteiger partial charge is 0.440 e. The summed E-state index contributed by atoms with van der Waals surface area (Å²) in [4.78, 5) is 21.6. The van der Waals surface area contributed by atoms with E-state index in [4.69, 9.17) is 4.74 Å². The zero-order chi connectivity index (χ0) is 24.8. The second-order valence-electron chi connectivity index (χ2n) is 9.63. The van der Waals surface area contributed by atoms with Gasteiger partial charge in [0.2, 0.25) is 0 Å². The Balaban J connectivity index is 2.04. The standard InChI is InChI=1S/C28H34N4O2/c1-29(2)20-11-9-19(10-12-20)28(25-16-14-22(31(5)6)18-26(25)32(7)8)24-15-13-21(30(3)4)17-23(24)27(33)34-28/h9-18H,1-8H3. The Morgan fingerprint density at radius 1 is 0.588 bits per heavy atom. The number of carbonyl (C=O) groups excluding carboxylic acids is 1. The first-order valence-corrected chi connectivity index (χ1v) is 11.4. The third-order valence-corrected chi connectivity index (χ3v) is 6.51. The predicted octanol–water partition coefficient (Wildman–Crippen LogP) is 4.41. The van der Waals surface area contributed by atoms with Gasteiger partial charge >= 0.3 is 5.97 Å². The van der Waals surface area contributed by atoms with E-state index < -0.39 is 5.60 Å². The van der Waals surface area contributed by atoms with Crippen molar-refractivity contribution in [3.63, 3.8) is 0 Å². The van der Waals surface area contributed by atoms with E-state index >= 15 is 0 Å². The van der Waals surface area contributed by atoms with Gasteiger partial charge in [-0.25, -0.2) is 4.79 Å². The van der Waals surface area contributed by atoms with E-state index in [0.29, 0.717) is 5.56 Å². The summed E-state index contributed by atoms with van der Waals surface area (Å²) in [5.41, 5.74) is 6.40. The highest BCUT2D eigenvalue weighted by Crippen LogP contribution is 2.51. The number of rotatable bonds is 6. The summed E-state index contributed by atoms with van der Waals surface area (Å²) in [5, 5.41) is 0. The van der Waals surface area contributed by atoms with Gasteiger partial charge in [0.25, 0.3) is 0 Å². The molecule has 0 radical (unpaired) electrons. The van der Waals surface area contributed by atoms with Crippen LogP contribution in [0.15, 0.2) is 60.7 Å². The normalized spacial score (nSPS) is 16.6. The molecule has 3 aromatic carbocycles. The summed E-state index contributed by atoms with van der Waals surface area (Å²) in [5.74, 6) is -0.309. The highest BCUT2D eigenvalue weighted by Gasteiger charge is 2.50. The van der Waals surface area contributed by atoms with Gasteiger partial charge in [-0.05, 0) is 36.4 Å². The lowest BCUT2D eigenvalue weighted by Crippen LogP contribution is -2.32. The van der Waals surface area contributed by atoms with Crippen LogP contribution in [0.3, 0.4) is 0 Å². The monoisotopic (exact) mass is 458 g/mol. The van der Waals surface area contributed by atoms with E-state index in [0.717, 1.165) is 39.4 Å². The van der Waals surface area contributed by atoms with Crippen LogP contribution in [-0.4, -0.2) is 62.4 Å². The van der Waals surface area contributed by atoms with Gasteiger partial charge in [0.15, 0.2) is 5.60 Å². The van der Waals surface area contributed by atoms with E-state index in [1.165, 1.54) is 0 Å². The summed E-state index contributed by atoms with van der Waals surface area (Å²) >= 11 is 0. The maximum atomic E-state index is 13.4. The van der Waals surface area contributed by atoms with Crippen molar-refractivity contribution in [1.82, 2.24) is 0 Å². The molecule has 1 unspecified atom stereocenters. The molecule has 0 spiro atoms. The zero-order valence-electron chi connectivity index (χ0n) is 21.4. The Morgan fingerprint density at radius 3 is 1.62 bits per heavy atom. The summed E-state index contributed by atoms with van der Waals surface area (Å²) in [7, 11) is 16.1. The zero-order valence-corrected chi connectivity index (χ0v) is 21.4. The molecule has 6 heteroatoms. The topological polar surface area (TPSA) is 39.3 Å². The molecule has 1 aliphatic rings. The fourth-order valence-corrected chi connectivity index (χ4v) is 4.57. The number of fused-ring (bicyclic) bond motifs is 1. The number of hydrogen-bond donors (Lipinski definition) is 0. The molecule has 0 aliphatic carbocycles. The van der Waals surface area contributed by atoms with E-state index in [2.05, 4.69) is 57.2 Å². The number of ether oxygens (including phenoxy) is 1. The number of benzene rings is 3. The molecule has 0 amide bonds. The number of carbonyl (C=O) groups is 1. The van der Waals surface area contributed by atoms with Crippen LogP contribution in [0.5, 0.6) is 0 Å². The van der Waals surface area contributed by atoms with Gasteiger partial charge in [0, 0.05) is 95.8 Å². The first-order chi connectivity index (χ1) is 16.1. The number of esters is 1. The van der Waals surface area contributed by atoms with Gasteiger partial charge in [-0.1, -0.05) is 24.3 Å². The first-order valence-electron chi connectivity index (χ1n) is 11.4. The maximum Gasteiger partial charge on any atom is 0.340 e. The third kappa shape index (κ3) is 3.73. The molecule has 4 rings (SSSR count). The highest BCUT2D eigenvalue weighted by atomic mass is 16.6. The van der Waals surface area contributed by atoms with Crippen LogP contribution in [-0.2, 0) is 10.3 Å². The van der Waals surface area contributed by atoms with Crippen molar-refractivity contribution in [3.05, 3.63) is 82.9 Å². The van der Waals surface area contributed by atoms with Crippen LogP contribution in [0, 0.1) is 0 Å². The minimum Gasteiger partial charge on any atom is -0.440 e. The van der Waals surface area contributed by atoms with Crippen molar-refractivity contribution in [1.29, 1.82) is 0 Å². The fraction of sp³-hybridized carbons (Fsp3) is 0.321. The predicted molar refractivity (Wildman–Crippen MR) is 142 cm³/mol. The molecule has 1 atom stereocenters. The Hall–Kier alpha value is -3.67. The minimum atomic E-state index is -1.05. The van der Waals surface area contributed by atoms with E-state index in [-0.39, 0.29) is 5.97 Å². The van der Waals surface area contributed by atoms with Gasteiger partial charge in [-0.3, -0.25) is 0 Å². The molecule has 0 saturated carbocycles. The van der Waals surface area contributed by atoms with Gasteiger partial charge in [-0.15, -0.1) is 0 Å². The molecule has 0 aromatic heterocycles. The molecule has 0 bridgehead atoms. The van der Waals surface area contributed by atoms with Crippen molar-refractivity contribution in [2.24, 2.45) is 0 Å². The number of hydrogen-bond acceptors (Lipinski definition) is 6. The van der Waals surface area contributed by atoms with Crippen molar-refractivity contribution < 1.29 is 9.53 Å². The lowest BCUT2D eigenvalue weighted by molar-refractivity contribution is 0.0253. The molecule has 0 fully saturated rings. The summed E-state index contributed by atoms with van der Waals surface area (Å²) in [6, 6.07) is 20.6. The quantitative estimate of drug-likeness (QED) is 0.510. The van der Waals surface area contributed by atoms with E-state index in [9.17, 15) is 4.79 Å². The number of anilines is 4. The molecule has 34 heavy (non-hydrogen) atoms. The minimum absolute atomic E-state index is 0.309. The van der Waals surface area contributed by atoms with E-state index in [1.54, 1.807) is 0 Å². The smallest absolute Gasteiger partial charge is 0.340 e. The highest BCUT2D eigenvalue weighted by molar-refractivity contribution is 5.98. The molecule has 3 aromatic rings. The number of nitrogens with zero attached hydrogens (tertiary/aromatic N) is 4. The molecule has 1 aliphatic heterocycles.